The van der Waals surface area contributed by atoms with Crippen LogP contribution in [0.1, 0.15) is 10.4 Å². The number of anilines is 2. The number of amides is 2. The van der Waals surface area contributed by atoms with Crippen molar-refractivity contribution in [2.45, 2.75) is 0 Å². The average Bonchev–Trinajstić information content (AvgIpc) is 2.59. The van der Waals surface area contributed by atoms with Gasteiger partial charge in [-0.25, -0.2) is 0 Å². The summed E-state index contributed by atoms with van der Waals surface area (Å²) < 4.78 is 5.21. The van der Waals surface area contributed by atoms with Gasteiger partial charge in [0.15, 0.2) is 0 Å². The molecular weight excluding hydrogens is 294 g/mol. The van der Waals surface area contributed by atoms with E-state index in [0.29, 0.717) is 17.0 Å². The number of carbonyl (C=O) groups excluding carboxylic acids is 2. The van der Waals surface area contributed by atoms with Crippen LogP contribution in [0.4, 0.5) is 11.4 Å². The van der Waals surface area contributed by atoms with Crippen LogP contribution in [-0.2, 0) is 4.79 Å². The van der Waals surface area contributed by atoms with Crippen LogP contribution in [0.2, 0.25) is 0 Å². The van der Waals surface area contributed by atoms with E-state index in [0.717, 1.165) is 5.69 Å². The van der Waals surface area contributed by atoms with Crippen LogP contribution in [-0.4, -0.2) is 32.5 Å². The number of rotatable bonds is 6. The van der Waals surface area contributed by atoms with E-state index < -0.39 is 0 Å². The third kappa shape index (κ3) is 4.47. The van der Waals surface area contributed by atoms with Crippen molar-refractivity contribution >= 4 is 23.2 Å². The van der Waals surface area contributed by atoms with Gasteiger partial charge in [-0.05, 0) is 30.3 Å². The van der Waals surface area contributed by atoms with Crippen LogP contribution in [0, 0.1) is 0 Å². The van der Waals surface area contributed by atoms with E-state index >= 15 is 0 Å². The first-order valence-corrected chi connectivity index (χ1v) is 7.13. The molecule has 120 valence electrons. The van der Waals surface area contributed by atoms with Crippen LogP contribution >= 0.6 is 0 Å². The Morgan fingerprint density at radius 3 is 2.61 bits per heavy atom. The molecule has 0 unspecified atom stereocenters. The van der Waals surface area contributed by atoms with Crippen LogP contribution < -0.4 is 20.7 Å². The Balaban J connectivity index is 1.96. The lowest BCUT2D eigenvalue weighted by Gasteiger charge is -2.11. The van der Waals surface area contributed by atoms with Gasteiger partial charge in [0.05, 0.1) is 19.3 Å². The molecule has 0 atom stereocenters. The fraction of sp³-hybridized carbons (Fsp3) is 0.176. The molecule has 6 nitrogen and oxygen atoms in total. The minimum absolute atomic E-state index is 0.0879. The summed E-state index contributed by atoms with van der Waals surface area (Å²) in [6, 6.07) is 14.1. The van der Waals surface area contributed by atoms with Crippen molar-refractivity contribution in [1.29, 1.82) is 0 Å². The number of hydrogen-bond donors (Lipinski definition) is 3. The van der Waals surface area contributed by atoms with Crippen LogP contribution in [0.25, 0.3) is 0 Å². The number of nitrogens with one attached hydrogen (secondary N) is 3. The summed E-state index contributed by atoms with van der Waals surface area (Å²) >= 11 is 0. The minimum Gasteiger partial charge on any atom is -0.495 e. The van der Waals surface area contributed by atoms with Crippen molar-refractivity contribution < 1.29 is 14.3 Å². The summed E-state index contributed by atoms with van der Waals surface area (Å²) in [5.41, 5.74) is 1.80. The maximum absolute atomic E-state index is 12.0. The third-order valence-electron chi connectivity index (χ3n) is 3.18. The number of para-hydroxylation sites is 2. The second kappa shape index (κ2) is 7.84. The van der Waals surface area contributed by atoms with E-state index in [9.17, 15) is 9.59 Å². The molecule has 2 aromatic carbocycles. The van der Waals surface area contributed by atoms with Gasteiger partial charge < -0.3 is 20.7 Å². The lowest BCUT2D eigenvalue weighted by atomic mass is 10.2. The summed E-state index contributed by atoms with van der Waals surface area (Å²) in [6.45, 7) is 0.0879. The summed E-state index contributed by atoms with van der Waals surface area (Å²) in [4.78, 5) is 23.6. The molecule has 0 saturated heterocycles. The van der Waals surface area contributed by atoms with Crippen molar-refractivity contribution in [1.82, 2.24) is 5.32 Å². The van der Waals surface area contributed by atoms with Crippen LogP contribution in [0.15, 0.2) is 48.5 Å². The lowest BCUT2D eigenvalue weighted by molar-refractivity contribution is -0.114. The highest BCUT2D eigenvalue weighted by molar-refractivity contribution is 5.98. The van der Waals surface area contributed by atoms with Crippen molar-refractivity contribution in [2.75, 3.05) is 31.3 Å². The molecular formula is C17H19N3O3. The van der Waals surface area contributed by atoms with Gasteiger partial charge in [-0.3, -0.25) is 9.59 Å². The minimum atomic E-state index is -0.218. The first-order valence-electron chi connectivity index (χ1n) is 7.13. The monoisotopic (exact) mass is 313 g/mol. The van der Waals surface area contributed by atoms with Gasteiger partial charge >= 0.3 is 0 Å². The molecule has 0 aliphatic heterocycles. The predicted molar refractivity (Wildman–Crippen MR) is 89.9 cm³/mol. The molecule has 2 amide bonds. The molecule has 0 bridgehead atoms. The molecule has 0 aliphatic rings. The maximum Gasteiger partial charge on any atom is 0.251 e. The largest absolute Gasteiger partial charge is 0.495 e. The van der Waals surface area contributed by atoms with Gasteiger partial charge in [-0.15, -0.1) is 0 Å². The number of methoxy groups -OCH3 is 1. The standard InChI is InChI=1S/C17H19N3O3/c1-18-17(22)12-6-5-7-13(10-12)20-16(21)11-19-14-8-3-4-9-15(14)23-2/h3-10,19H,11H2,1-2H3,(H,18,22)(H,20,21). The van der Waals surface area contributed by atoms with Gasteiger partial charge in [0.25, 0.3) is 5.91 Å². The Labute approximate surface area is 134 Å². The number of hydrogen-bond acceptors (Lipinski definition) is 4. The fourth-order valence-electron chi connectivity index (χ4n) is 2.05. The molecule has 0 aromatic heterocycles. The van der Waals surface area contributed by atoms with Gasteiger partial charge in [0.1, 0.15) is 5.75 Å². The molecule has 0 saturated carbocycles. The second-order valence-corrected chi connectivity index (χ2v) is 4.76. The Morgan fingerprint density at radius 1 is 1.09 bits per heavy atom. The summed E-state index contributed by atoms with van der Waals surface area (Å²) in [6.07, 6.45) is 0. The van der Waals surface area contributed by atoms with E-state index in [1.165, 1.54) is 0 Å². The zero-order valence-electron chi connectivity index (χ0n) is 13.1. The molecule has 0 aliphatic carbocycles. The predicted octanol–water partition coefficient (Wildman–Crippen LogP) is 2.11. The molecule has 0 fully saturated rings. The van der Waals surface area contributed by atoms with Gasteiger partial charge in [-0.1, -0.05) is 18.2 Å². The third-order valence-corrected chi connectivity index (χ3v) is 3.18. The smallest absolute Gasteiger partial charge is 0.251 e. The molecule has 0 spiro atoms. The molecule has 23 heavy (non-hydrogen) atoms. The number of carbonyl (C=O) groups is 2. The van der Waals surface area contributed by atoms with Gasteiger partial charge in [-0.2, -0.15) is 0 Å². The number of ether oxygens (including phenoxy) is 1. The number of benzene rings is 2. The van der Waals surface area contributed by atoms with E-state index in [4.69, 9.17) is 4.74 Å². The highest BCUT2D eigenvalue weighted by atomic mass is 16.5. The van der Waals surface area contributed by atoms with Crippen molar-refractivity contribution in [3.05, 3.63) is 54.1 Å². The molecule has 0 heterocycles. The zero-order valence-corrected chi connectivity index (χ0v) is 13.1. The van der Waals surface area contributed by atoms with E-state index in [2.05, 4.69) is 16.0 Å². The fourth-order valence-corrected chi connectivity index (χ4v) is 2.05. The molecule has 0 radical (unpaired) electrons. The molecule has 6 heteroatoms. The van der Waals surface area contributed by atoms with Gasteiger partial charge in [0.2, 0.25) is 5.91 Å². The average molecular weight is 313 g/mol. The molecule has 2 rings (SSSR count). The topological polar surface area (TPSA) is 79.5 Å². The Kier molecular flexibility index (Phi) is 5.57. The van der Waals surface area contributed by atoms with Crippen LogP contribution in [0.5, 0.6) is 5.75 Å². The highest BCUT2D eigenvalue weighted by Gasteiger charge is 2.07. The summed E-state index contributed by atoms with van der Waals surface area (Å²) in [7, 11) is 3.13. The van der Waals surface area contributed by atoms with E-state index in [1.807, 2.05) is 24.3 Å². The quantitative estimate of drug-likeness (QED) is 0.763. The van der Waals surface area contributed by atoms with E-state index in [1.54, 1.807) is 38.4 Å². The van der Waals surface area contributed by atoms with Gasteiger partial charge in [0, 0.05) is 18.3 Å². The summed E-state index contributed by atoms with van der Waals surface area (Å²) in [5.74, 6) is 0.250. The lowest BCUT2D eigenvalue weighted by Crippen LogP contribution is -2.22. The first kappa shape index (κ1) is 16.4. The Morgan fingerprint density at radius 2 is 1.87 bits per heavy atom. The van der Waals surface area contributed by atoms with Crippen molar-refractivity contribution in [2.24, 2.45) is 0 Å². The SMILES string of the molecule is CNC(=O)c1cccc(NC(=O)CNc2ccccc2OC)c1. The van der Waals surface area contributed by atoms with E-state index in [-0.39, 0.29) is 18.4 Å². The molecule has 2 aromatic rings. The van der Waals surface area contributed by atoms with Crippen molar-refractivity contribution in [3.63, 3.8) is 0 Å². The van der Waals surface area contributed by atoms with Crippen molar-refractivity contribution in [3.8, 4) is 5.75 Å². The van der Waals surface area contributed by atoms with Crippen LogP contribution in [0.3, 0.4) is 0 Å². The Bertz CT molecular complexity index is 701. The zero-order chi connectivity index (χ0) is 16.7. The summed E-state index contributed by atoms with van der Waals surface area (Å²) in [5, 5.41) is 8.31. The first-order chi connectivity index (χ1) is 11.1. The second-order valence-electron chi connectivity index (χ2n) is 4.76. The maximum atomic E-state index is 12.0. The normalized spacial score (nSPS) is 9.83. The highest BCUT2D eigenvalue weighted by Crippen LogP contribution is 2.22. The Hall–Kier alpha value is -3.02. The molecule has 3 N–H and O–H groups in total.